The van der Waals surface area contributed by atoms with E-state index >= 15 is 0 Å². The van der Waals surface area contributed by atoms with Crippen LogP contribution in [-0.2, 0) is 7.05 Å². The first-order valence-corrected chi connectivity index (χ1v) is 7.35. The minimum atomic E-state index is -0.0872. The van der Waals surface area contributed by atoms with Gasteiger partial charge in [-0.05, 0) is 52.9 Å². The number of halogens is 1. The van der Waals surface area contributed by atoms with E-state index < -0.39 is 0 Å². The van der Waals surface area contributed by atoms with Crippen molar-refractivity contribution in [1.29, 1.82) is 5.26 Å². The minimum Gasteiger partial charge on any atom is -0.295 e. The van der Waals surface area contributed by atoms with E-state index in [0.717, 1.165) is 9.13 Å². The van der Waals surface area contributed by atoms with Crippen LogP contribution in [0.2, 0.25) is 0 Å². The second-order valence-corrected chi connectivity index (χ2v) is 5.90. The van der Waals surface area contributed by atoms with Crippen molar-refractivity contribution < 1.29 is 0 Å². The molecule has 3 rings (SSSR count). The van der Waals surface area contributed by atoms with Gasteiger partial charge in [-0.3, -0.25) is 9.36 Å². The highest BCUT2D eigenvalue weighted by Gasteiger charge is 2.10. The van der Waals surface area contributed by atoms with Gasteiger partial charge >= 0.3 is 0 Å². The lowest BCUT2D eigenvalue weighted by atomic mass is 10.1. The Labute approximate surface area is 134 Å². The zero-order valence-corrected chi connectivity index (χ0v) is 13.3. The first kappa shape index (κ1) is 13.8. The van der Waals surface area contributed by atoms with Crippen LogP contribution in [0.4, 0.5) is 0 Å². The number of hydrogen-bond donors (Lipinski definition) is 0. The van der Waals surface area contributed by atoms with Crippen LogP contribution in [0, 0.1) is 14.9 Å². The molecule has 102 valence electrons. The summed E-state index contributed by atoms with van der Waals surface area (Å²) in [5.74, 6) is 0.561. The van der Waals surface area contributed by atoms with Crippen LogP contribution in [0.25, 0.3) is 22.3 Å². The van der Waals surface area contributed by atoms with Crippen LogP contribution in [0.5, 0.6) is 0 Å². The second kappa shape index (κ2) is 5.30. The molecule has 21 heavy (non-hydrogen) atoms. The van der Waals surface area contributed by atoms with E-state index in [1.807, 2.05) is 24.3 Å². The molecular weight excluding hydrogens is 377 g/mol. The highest BCUT2D eigenvalue weighted by molar-refractivity contribution is 14.1. The van der Waals surface area contributed by atoms with E-state index in [1.165, 1.54) is 4.57 Å². The Balaban J connectivity index is 2.34. The van der Waals surface area contributed by atoms with Crippen molar-refractivity contribution in [2.24, 2.45) is 7.05 Å². The Hall–Kier alpha value is -2.20. The van der Waals surface area contributed by atoms with Gasteiger partial charge in [0.25, 0.3) is 5.56 Å². The molecule has 1 heterocycles. The summed E-state index contributed by atoms with van der Waals surface area (Å²) >= 11 is 2.17. The van der Waals surface area contributed by atoms with Crippen LogP contribution in [0.3, 0.4) is 0 Å². The summed E-state index contributed by atoms with van der Waals surface area (Å²) in [7, 11) is 1.70. The van der Waals surface area contributed by atoms with Crippen molar-refractivity contribution in [2.75, 3.05) is 0 Å². The number of fused-ring (bicyclic) bond motifs is 1. The Morgan fingerprint density at radius 1 is 1.24 bits per heavy atom. The van der Waals surface area contributed by atoms with Crippen molar-refractivity contribution in [3.63, 3.8) is 0 Å². The molecule has 0 spiro atoms. The van der Waals surface area contributed by atoms with Crippen LogP contribution in [0.15, 0.2) is 47.3 Å². The molecule has 1 aromatic heterocycles. The maximum absolute atomic E-state index is 12.5. The zero-order valence-electron chi connectivity index (χ0n) is 11.2. The first-order valence-electron chi connectivity index (χ1n) is 6.27. The number of nitriles is 1. The van der Waals surface area contributed by atoms with Gasteiger partial charge in [0.1, 0.15) is 5.82 Å². The zero-order chi connectivity index (χ0) is 15.0. The molecule has 5 heteroatoms. The highest BCUT2D eigenvalue weighted by Crippen LogP contribution is 2.20. The molecular formula is C16H10IN3O. The monoisotopic (exact) mass is 387 g/mol. The normalized spacial score (nSPS) is 10.5. The Kier molecular flexibility index (Phi) is 3.47. The third-order valence-corrected chi connectivity index (χ3v) is 3.96. The molecule has 0 aliphatic rings. The minimum absolute atomic E-state index is 0.0872. The van der Waals surface area contributed by atoms with E-state index in [-0.39, 0.29) is 5.56 Å². The van der Waals surface area contributed by atoms with E-state index in [9.17, 15) is 4.79 Å². The smallest absolute Gasteiger partial charge is 0.261 e. The molecule has 4 nitrogen and oxygen atoms in total. The molecule has 0 aliphatic carbocycles. The van der Waals surface area contributed by atoms with Crippen LogP contribution in [-0.4, -0.2) is 9.55 Å². The van der Waals surface area contributed by atoms with Crippen molar-refractivity contribution in [1.82, 2.24) is 9.55 Å². The lowest BCUT2D eigenvalue weighted by Crippen LogP contribution is -2.20. The molecule has 0 saturated carbocycles. The molecule has 3 aromatic rings. The molecule has 0 fully saturated rings. The van der Waals surface area contributed by atoms with Crippen molar-refractivity contribution >= 4 is 33.5 Å². The summed E-state index contributed by atoms with van der Waals surface area (Å²) in [6.07, 6.45) is 0. The van der Waals surface area contributed by atoms with Gasteiger partial charge in [0.15, 0.2) is 0 Å². The predicted octanol–water partition coefficient (Wildman–Crippen LogP) is 3.08. The van der Waals surface area contributed by atoms with Crippen LogP contribution < -0.4 is 5.56 Å². The average molecular weight is 387 g/mol. The molecule has 0 radical (unpaired) electrons. The number of aromatic nitrogens is 2. The van der Waals surface area contributed by atoms with E-state index in [1.54, 1.807) is 25.2 Å². The van der Waals surface area contributed by atoms with Crippen molar-refractivity contribution in [3.05, 3.63) is 62.0 Å². The van der Waals surface area contributed by atoms with Crippen LogP contribution in [0.1, 0.15) is 5.56 Å². The lowest BCUT2D eigenvalue weighted by Gasteiger charge is -2.09. The Morgan fingerprint density at radius 3 is 2.81 bits per heavy atom. The maximum atomic E-state index is 12.5. The van der Waals surface area contributed by atoms with Gasteiger partial charge < -0.3 is 0 Å². The first-order chi connectivity index (χ1) is 10.1. The largest absolute Gasteiger partial charge is 0.295 e. The lowest BCUT2D eigenvalue weighted by molar-refractivity contribution is 0.855. The van der Waals surface area contributed by atoms with Gasteiger partial charge in [0, 0.05) is 16.2 Å². The molecule has 2 aromatic carbocycles. The van der Waals surface area contributed by atoms with Crippen molar-refractivity contribution in [3.8, 4) is 17.5 Å². The molecule has 0 bridgehead atoms. The van der Waals surface area contributed by atoms with Gasteiger partial charge in [0.05, 0.1) is 22.5 Å². The van der Waals surface area contributed by atoms with E-state index in [4.69, 9.17) is 5.26 Å². The fourth-order valence-electron chi connectivity index (χ4n) is 2.23. The highest BCUT2D eigenvalue weighted by atomic mass is 127. The Morgan fingerprint density at radius 2 is 2.05 bits per heavy atom. The number of hydrogen-bond acceptors (Lipinski definition) is 3. The molecule has 0 aliphatic heterocycles. The molecule has 0 unspecified atom stereocenters. The summed E-state index contributed by atoms with van der Waals surface area (Å²) in [5, 5.41) is 9.60. The average Bonchev–Trinajstić information content (AvgIpc) is 2.51. The fraction of sp³-hybridized carbons (Fsp3) is 0.0625. The number of benzene rings is 2. The second-order valence-electron chi connectivity index (χ2n) is 4.65. The van der Waals surface area contributed by atoms with Crippen molar-refractivity contribution in [2.45, 2.75) is 0 Å². The number of rotatable bonds is 1. The van der Waals surface area contributed by atoms with Gasteiger partial charge in [-0.15, -0.1) is 0 Å². The van der Waals surface area contributed by atoms with Gasteiger partial charge in [0.2, 0.25) is 0 Å². The topological polar surface area (TPSA) is 58.7 Å². The van der Waals surface area contributed by atoms with Gasteiger partial charge in [-0.2, -0.15) is 5.26 Å². The summed E-state index contributed by atoms with van der Waals surface area (Å²) in [6.45, 7) is 0. The Bertz CT molecular complexity index is 954. The summed E-state index contributed by atoms with van der Waals surface area (Å²) in [6, 6.07) is 14.8. The third-order valence-electron chi connectivity index (χ3n) is 3.29. The third kappa shape index (κ3) is 2.43. The van der Waals surface area contributed by atoms with Gasteiger partial charge in [-0.25, -0.2) is 4.98 Å². The quantitative estimate of drug-likeness (QED) is 0.603. The number of nitrogens with zero attached hydrogens (tertiary/aromatic N) is 3. The molecule has 0 amide bonds. The standard InChI is InChI=1S/C16H10IN3O/c1-20-15(11-4-2-3-10(7-11)9-18)19-14-6-5-12(17)8-13(14)16(20)21/h2-8H,1H3. The van der Waals surface area contributed by atoms with Gasteiger partial charge in [-0.1, -0.05) is 12.1 Å². The SMILES string of the molecule is Cn1c(-c2cccc(C#N)c2)nc2ccc(I)cc2c1=O. The molecule has 0 atom stereocenters. The summed E-state index contributed by atoms with van der Waals surface area (Å²) in [5.41, 5.74) is 1.88. The van der Waals surface area contributed by atoms with Crippen LogP contribution >= 0.6 is 22.6 Å². The van der Waals surface area contributed by atoms with E-state index in [2.05, 4.69) is 33.6 Å². The summed E-state index contributed by atoms with van der Waals surface area (Å²) < 4.78 is 2.52. The molecule has 0 saturated heterocycles. The maximum Gasteiger partial charge on any atom is 0.261 e. The van der Waals surface area contributed by atoms with E-state index in [0.29, 0.717) is 22.3 Å². The fourth-order valence-corrected chi connectivity index (χ4v) is 2.72. The predicted molar refractivity (Wildman–Crippen MR) is 89.9 cm³/mol. The summed E-state index contributed by atoms with van der Waals surface area (Å²) in [4.78, 5) is 17.1. The molecule has 0 N–H and O–H groups in total.